The molecule has 2 N–H and O–H groups in total. The molecule has 29 heavy (non-hydrogen) atoms. The first kappa shape index (κ1) is 18.7. The molecule has 0 aromatic heterocycles. The van der Waals surface area contributed by atoms with E-state index >= 15 is 0 Å². The number of hydrogen-bond donors (Lipinski definition) is 2. The fraction of sp³-hybridized carbons (Fsp3) is 0.167. The Balaban J connectivity index is 1.68. The molecule has 0 unspecified atom stereocenters. The molecule has 0 aliphatic carbocycles. The molecule has 1 aliphatic rings. The number of para-hydroxylation sites is 3. The van der Waals surface area contributed by atoms with Gasteiger partial charge in [0.05, 0.1) is 17.2 Å². The van der Waals surface area contributed by atoms with Crippen molar-refractivity contribution in [2.24, 2.45) is 0 Å². The minimum Gasteiger partial charge on any atom is -0.457 e. The number of rotatable bonds is 5. The molecule has 1 heterocycles. The molecule has 3 aromatic rings. The van der Waals surface area contributed by atoms with Crippen LogP contribution in [0.25, 0.3) is 0 Å². The van der Waals surface area contributed by atoms with Gasteiger partial charge in [-0.3, -0.25) is 9.59 Å². The van der Waals surface area contributed by atoms with E-state index in [2.05, 4.69) is 10.6 Å². The van der Waals surface area contributed by atoms with E-state index in [1.54, 1.807) is 24.3 Å². The Morgan fingerprint density at radius 1 is 0.862 bits per heavy atom. The molecule has 4 rings (SSSR count). The fourth-order valence-corrected chi connectivity index (χ4v) is 3.52. The highest BCUT2D eigenvalue weighted by Crippen LogP contribution is 2.44. The maximum atomic E-state index is 13.4. The van der Waals surface area contributed by atoms with E-state index in [0.717, 1.165) is 17.5 Å². The highest BCUT2D eigenvalue weighted by atomic mass is 16.5. The zero-order valence-electron chi connectivity index (χ0n) is 16.1. The summed E-state index contributed by atoms with van der Waals surface area (Å²) in [6.07, 6.45) is 0.843. The van der Waals surface area contributed by atoms with Crippen molar-refractivity contribution in [3.63, 3.8) is 0 Å². The van der Waals surface area contributed by atoms with Crippen LogP contribution in [0.4, 0.5) is 5.69 Å². The highest BCUT2D eigenvalue weighted by Gasteiger charge is 2.32. The van der Waals surface area contributed by atoms with Gasteiger partial charge in [0.25, 0.3) is 5.91 Å². The minimum absolute atomic E-state index is 0.199. The Bertz CT molecular complexity index is 1020. The van der Waals surface area contributed by atoms with Crippen LogP contribution in [0.5, 0.6) is 11.5 Å². The highest BCUT2D eigenvalue weighted by molar-refractivity contribution is 6.06. The van der Waals surface area contributed by atoms with Crippen molar-refractivity contribution >= 4 is 17.5 Å². The smallest absolute Gasteiger partial charge is 0.253 e. The number of fused-ring (bicyclic) bond motifs is 2. The molecule has 0 spiro atoms. The second-order valence-corrected chi connectivity index (χ2v) is 6.90. The van der Waals surface area contributed by atoms with E-state index < -0.39 is 5.92 Å². The van der Waals surface area contributed by atoms with Crippen molar-refractivity contribution < 1.29 is 14.3 Å². The van der Waals surface area contributed by atoms with Gasteiger partial charge in [-0.1, -0.05) is 55.5 Å². The van der Waals surface area contributed by atoms with Crippen molar-refractivity contribution in [2.75, 3.05) is 11.9 Å². The quantitative estimate of drug-likeness (QED) is 0.668. The number of benzene rings is 3. The number of ether oxygens (including phenoxy) is 1. The first-order valence-electron chi connectivity index (χ1n) is 9.73. The average molecular weight is 386 g/mol. The number of anilines is 1. The Morgan fingerprint density at radius 2 is 1.45 bits per heavy atom. The summed E-state index contributed by atoms with van der Waals surface area (Å²) >= 11 is 0. The predicted molar refractivity (Wildman–Crippen MR) is 112 cm³/mol. The third kappa shape index (κ3) is 3.72. The molecule has 0 bridgehead atoms. The van der Waals surface area contributed by atoms with E-state index in [1.807, 2.05) is 55.5 Å². The molecule has 0 saturated carbocycles. The van der Waals surface area contributed by atoms with Crippen molar-refractivity contribution in [3.05, 3.63) is 89.5 Å². The van der Waals surface area contributed by atoms with Gasteiger partial charge in [-0.05, 0) is 30.7 Å². The van der Waals surface area contributed by atoms with E-state index in [4.69, 9.17) is 4.74 Å². The second-order valence-electron chi connectivity index (χ2n) is 6.90. The second kappa shape index (κ2) is 8.19. The average Bonchev–Trinajstić information content (AvgIpc) is 2.76. The van der Waals surface area contributed by atoms with Crippen LogP contribution in [0.1, 0.15) is 40.7 Å². The summed E-state index contributed by atoms with van der Waals surface area (Å²) in [5.74, 6) is 0.406. The van der Waals surface area contributed by atoms with E-state index in [1.165, 1.54) is 0 Å². The van der Waals surface area contributed by atoms with Crippen LogP contribution in [0.15, 0.2) is 72.8 Å². The summed E-state index contributed by atoms with van der Waals surface area (Å²) in [4.78, 5) is 25.9. The van der Waals surface area contributed by atoms with Crippen LogP contribution in [0.3, 0.4) is 0 Å². The lowest BCUT2D eigenvalue weighted by Gasteiger charge is -2.27. The zero-order chi connectivity index (χ0) is 20.2. The maximum absolute atomic E-state index is 13.4. The zero-order valence-corrected chi connectivity index (χ0v) is 16.1. The molecule has 0 atom stereocenters. The summed E-state index contributed by atoms with van der Waals surface area (Å²) in [7, 11) is 0. The van der Waals surface area contributed by atoms with E-state index in [0.29, 0.717) is 29.3 Å². The summed E-state index contributed by atoms with van der Waals surface area (Å²) in [6, 6.07) is 22.1. The van der Waals surface area contributed by atoms with Gasteiger partial charge in [-0.2, -0.15) is 0 Å². The Morgan fingerprint density at radius 3 is 2.10 bits per heavy atom. The lowest BCUT2D eigenvalue weighted by molar-refractivity contribution is -0.116. The molecule has 5 nitrogen and oxygen atoms in total. The van der Waals surface area contributed by atoms with Crippen molar-refractivity contribution in [3.8, 4) is 11.5 Å². The normalized spacial score (nSPS) is 12.3. The van der Waals surface area contributed by atoms with E-state index in [9.17, 15) is 9.59 Å². The third-order valence-corrected chi connectivity index (χ3v) is 4.91. The summed E-state index contributed by atoms with van der Waals surface area (Å²) in [6.45, 7) is 2.58. The third-order valence-electron chi connectivity index (χ3n) is 4.91. The van der Waals surface area contributed by atoms with Crippen LogP contribution < -0.4 is 15.4 Å². The lowest BCUT2D eigenvalue weighted by atomic mass is 9.87. The standard InChI is InChI=1S/C24H22N2O3/c1-2-15-25-23(27)16-9-3-6-12-19(16)26-24(28)22-17-10-4-7-13-20(17)29-21-14-8-5-11-18(21)22/h3-14,22H,2,15H2,1H3,(H,25,27)(H,26,28). The summed E-state index contributed by atoms with van der Waals surface area (Å²) < 4.78 is 5.97. The number of carbonyl (C=O) groups excluding carboxylic acids is 2. The van der Waals surface area contributed by atoms with Gasteiger partial charge in [0, 0.05) is 17.7 Å². The maximum Gasteiger partial charge on any atom is 0.253 e. The van der Waals surface area contributed by atoms with Crippen molar-refractivity contribution in [1.82, 2.24) is 5.32 Å². The van der Waals surface area contributed by atoms with Crippen LogP contribution in [0.2, 0.25) is 0 Å². The number of hydrogen-bond acceptors (Lipinski definition) is 3. The Hall–Kier alpha value is -3.60. The Kier molecular flexibility index (Phi) is 5.29. The predicted octanol–water partition coefficient (Wildman–Crippen LogP) is 4.70. The van der Waals surface area contributed by atoms with Gasteiger partial charge < -0.3 is 15.4 Å². The lowest BCUT2D eigenvalue weighted by Crippen LogP contribution is -2.28. The topological polar surface area (TPSA) is 67.4 Å². The SMILES string of the molecule is CCCNC(=O)c1ccccc1NC(=O)C1c2ccccc2Oc2ccccc21. The molecular formula is C24H22N2O3. The van der Waals surface area contributed by atoms with Gasteiger partial charge in [-0.25, -0.2) is 0 Å². The minimum atomic E-state index is -0.525. The van der Waals surface area contributed by atoms with E-state index in [-0.39, 0.29) is 11.8 Å². The first-order valence-corrected chi connectivity index (χ1v) is 9.73. The number of amides is 2. The molecule has 0 fully saturated rings. The molecular weight excluding hydrogens is 364 g/mol. The summed E-state index contributed by atoms with van der Waals surface area (Å²) in [5.41, 5.74) is 2.55. The molecule has 146 valence electrons. The molecule has 5 heteroatoms. The van der Waals surface area contributed by atoms with Crippen molar-refractivity contribution in [1.29, 1.82) is 0 Å². The van der Waals surface area contributed by atoms with Crippen LogP contribution in [-0.2, 0) is 4.79 Å². The van der Waals surface area contributed by atoms with Crippen LogP contribution >= 0.6 is 0 Å². The number of nitrogens with one attached hydrogen (secondary N) is 2. The Labute approximate surface area is 169 Å². The molecule has 0 radical (unpaired) electrons. The largest absolute Gasteiger partial charge is 0.457 e. The molecule has 0 saturated heterocycles. The molecule has 2 amide bonds. The van der Waals surface area contributed by atoms with Gasteiger partial charge >= 0.3 is 0 Å². The number of carbonyl (C=O) groups is 2. The fourth-order valence-electron chi connectivity index (χ4n) is 3.52. The van der Waals surface area contributed by atoms with Crippen LogP contribution in [0, 0.1) is 0 Å². The van der Waals surface area contributed by atoms with Crippen molar-refractivity contribution in [2.45, 2.75) is 19.3 Å². The molecule has 3 aromatic carbocycles. The summed E-state index contributed by atoms with van der Waals surface area (Å²) in [5, 5.41) is 5.83. The molecule has 1 aliphatic heterocycles. The van der Waals surface area contributed by atoms with Gasteiger partial charge in [0.1, 0.15) is 11.5 Å². The first-order chi connectivity index (χ1) is 14.2. The van der Waals surface area contributed by atoms with Gasteiger partial charge in [0.2, 0.25) is 5.91 Å². The monoisotopic (exact) mass is 386 g/mol. The van der Waals surface area contributed by atoms with Gasteiger partial charge in [-0.15, -0.1) is 0 Å². The van der Waals surface area contributed by atoms with Gasteiger partial charge in [0.15, 0.2) is 0 Å². The van der Waals surface area contributed by atoms with Crippen LogP contribution in [-0.4, -0.2) is 18.4 Å².